The van der Waals surface area contributed by atoms with Crippen molar-refractivity contribution in [3.8, 4) is 0 Å². The summed E-state index contributed by atoms with van der Waals surface area (Å²) >= 11 is 0. The van der Waals surface area contributed by atoms with Crippen LogP contribution in [0.2, 0.25) is 0 Å². The standard InChI is InChI=1S/C36H70O2/c1-3-5-7-9-11-13-15-17-18-19-20-21-23-25-27-29-31-33-35-38-36(37)34-32-30-28-26-24-22-16-14-12-10-8-6-4-2/h17-18H,3-16,19-35H2,1-2H3/b18-17+. The van der Waals surface area contributed by atoms with Crippen LogP contribution in [0.3, 0.4) is 0 Å². The van der Waals surface area contributed by atoms with Crippen molar-refractivity contribution in [1.82, 2.24) is 0 Å². The highest BCUT2D eigenvalue weighted by atomic mass is 16.5. The van der Waals surface area contributed by atoms with E-state index in [4.69, 9.17) is 4.74 Å². The normalized spacial score (nSPS) is 11.5. The van der Waals surface area contributed by atoms with Crippen LogP contribution in [0.4, 0.5) is 0 Å². The van der Waals surface area contributed by atoms with Gasteiger partial charge in [-0.25, -0.2) is 0 Å². The van der Waals surface area contributed by atoms with Crippen LogP contribution in [0.15, 0.2) is 12.2 Å². The Morgan fingerprint density at radius 1 is 0.421 bits per heavy atom. The molecule has 0 heterocycles. The molecule has 0 aromatic carbocycles. The summed E-state index contributed by atoms with van der Waals surface area (Å²) in [6.07, 6.45) is 44.1. The molecule has 0 aliphatic carbocycles. The van der Waals surface area contributed by atoms with Crippen LogP contribution in [0.5, 0.6) is 0 Å². The molecule has 0 saturated heterocycles. The van der Waals surface area contributed by atoms with Crippen LogP contribution < -0.4 is 0 Å². The topological polar surface area (TPSA) is 26.3 Å². The molecule has 0 aliphatic rings. The molecule has 2 heteroatoms. The van der Waals surface area contributed by atoms with E-state index in [-0.39, 0.29) is 5.97 Å². The fourth-order valence-corrected chi connectivity index (χ4v) is 5.25. The summed E-state index contributed by atoms with van der Waals surface area (Å²) in [7, 11) is 0. The van der Waals surface area contributed by atoms with Gasteiger partial charge in [-0.1, -0.05) is 174 Å². The number of allylic oxidation sites excluding steroid dienone is 2. The molecule has 0 saturated carbocycles. The number of carbonyl (C=O) groups excluding carboxylic acids is 1. The van der Waals surface area contributed by atoms with Crippen molar-refractivity contribution in [2.45, 2.75) is 206 Å². The first kappa shape index (κ1) is 37.2. The van der Waals surface area contributed by atoms with E-state index in [1.165, 1.54) is 173 Å². The monoisotopic (exact) mass is 535 g/mol. The van der Waals surface area contributed by atoms with Crippen LogP contribution >= 0.6 is 0 Å². The maximum atomic E-state index is 11.9. The van der Waals surface area contributed by atoms with E-state index >= 15 is 0 Å². The highest BCUT2D eigenvalue weighted by Crippen LogP contribution is 2.14. The molecule has 0 radical (unpaired) electrons. The Hall–Kier alpha value is -0.790. The molecule has 0 atom stereocenters. The maximum Gasteiger partial charge on any atom is 0.305 e. The third-order valence-corrected chi connectivity index (χ3v) is 7.90. The van der Waals surface area contributed by atoms with Crippen molar-refractivity contribution in [3.05, 3.63) is 12.2 Å². The molecule has 0 aliphatic heterocycles. The second-order valence-electron chi connectivity index (χ2n) is 11.9. The summed E-state index contributed by atoms with van der Waals surface area (Å²) in [5, 5.41) is 0. The van der Waals surface area contributed by atoms with E-state index < -0.39 is 0 Å². The smallest absolute Gasteiger partial charge is 0.305 e. The molecule has 2 nitrogen and oxygen atoms in total. The Labute approximate surface area is 240 Å². The molecule has 0 fully saturated rings. The number of rotatable bonds is 32. The van der Waals surface area contributed by atoms with Gasteiger partial charge >= 0.3 is 5.97 Å². The van der Waals surface area contributed by atoms with Crippen molar-refractivity contribution in [2.75, 3.05) is 6.61 Å². The summed E-state index contributed by atoms with van der Waals surface area (Å²) < 4.78 is 5.43. The Morgan fingerprint density at radius 2 is 0.737 bits per heavy atom. The average Bonchev–Trinajstić information content (AvgIpc) is 2.92. The Morgan fingerprint density at radius 3 is 1.13 bits per heavy atom. The quantitative estimate of drug-likeness (QED) is 0.0487. The number of unbranched alkanes of at least 4 members (excludes halogenated alkanes) is 26. The molecule has 38 heavy (non-hydrogen) atoms. The molecule has 0 aromatic heterocycles. The van der Waals surface area contributed by atoms with Gasteiger partial charge in [0.1, 0.15) is 0 Å². The molecular weight excluding hydrogens is 464 g/mol. The van der Waals surface area contributed by atoms with Crippen molar-refractivity contribution >= 4 is 5.97 Å². The largest absolute Gasteiger partial charge is 0.466 e. The van der Waals surface area contributed by atoms with Gasteiger partial charge in [-0.3, -0.25) is 4.79 Å². The van der Waals surface area contributed by atoms with E-state index in [9.17, 15) is 4.79 Å². The average molecular weight is 535 g/mol. The number of hydrogen-bond acceptors (Lipinski definition) is 2. The van der Waals surface area contributed by atoms with E-state index in [1.54, 1.807) is 0 Å². The number of hydrogen-bond donors (Lipinski definition) is 0. The van der Waals surface area contributed by atoms with E-state index in [2.05, 4.69) is 26.0 Å². The molecule has 0 aromatic rings. The van der Waals surface area contributed by atoms with Crippen LogP contribution in [0.1, 0.15) is 206 Å². The van der Waals surface area contributed by atoms with Gasteiger partial charge in [-0.05, 0) is 38.5 Å². The van der Waals surface area contributed by atoms with E-state index in [0.717, 1.165) is 12.8 Å². The van der Waals surface area contributed by atoms with Gasteiger partial charge in [0.15, 0.2) is 0 Å². The third-order valence-electron chi connectivity index (χ3n) is 7.90. The van der Waals surface area contributed by atoms with Gasteiger partial charge < -0.3 is 4.74 Å². The van der Waals surface area contributed by atoms with E-state index in [1.807, 2.05) is 0 Å². The van der Waals surface area contributed by atoms with Gasteiger partial charge in [-0.15, -0.1) is 0 Å². The van der Waals surface area contributed by atoms with Crippen LogP contribution in [0, 0.1) is 0 Å². The number of ether oxygens (including phenoxy) is 1. The fourth-order valence-electron chi connectivity index (χ4n) is 5.25. The SMILES string of the molecule is CCCCCCCC/C=C/CCCCCCCCCCOC(=O)CCCCCCCCCCCCCCC. The van der Waals surface area contributed by atoms with Gasteiger partial charge in [0, 0.05) is 6.42 Å². The number of carbonyl (C=O) groups is 1. The van der Waals surface area contributed by atoms with Gasteiger partial charge in [0.25, 0.3) is 0 Å². The molecule has 0 rings (SSSR count). The lowest BCUT2D eigenvalue weighted by atomic mass is 10.0. The first-order chi connectivity index (χ1) is 18.8. The predicted molar refractivity (Wildman–Crippen MR) is 170 cm³/mol. The molecule has 0 bridgehead atoms. The van der Waals surface area contributed by atoms with Crippen molar-refractivity contribution in [3.63, 3.8) is 0 Å². The van der Waals surface area contributed by atoms with E-state index in [0.29, 0.717) is 13.0 Å². The molecular formula is C36H70O2. The van der Waals surface area contributed by atoms with Crippen molar-refractivity contribution < 1.29 is 9.53 Å². The molecule has 0 spiro atoms. The van der Waals surface area contributed by atoms with Gasteiger partial charge in [-0.2, -0.15) is 0 Å². The first-order valence-electron chi connectivity index (χ1n) is 17.6. The van der Waals surface area contributed by atoms with Crippen molar-refractivity contribution in [1.29, 1.82) is 0 Å². The lowest BCUT2D eigenvalue weighted by Gasteiger charge is -2.06. The van der Waals surface area contributed by atoms with Crippen LogP contribution in [0.25, 0.3) is 0 Å². The lowest BCUT2D eigenvalue weighted by Crippen LogP contribution is -2.05. The second kappa shape index (κ2) is 34.2. The molecule has 0 unspecified atom stereocenters. The second-order valence-corrected chi connectivity index (χ2v) is 11.9. The highest BCUT2D eigenvalue weighted by Gasteiger charge is 2.02. The summed E-state index contributed by atoms with van der Waals surface area (Å²) in [5.74, 6) is 0.0223. The summed E-state index contributed by atoms with van der Waals surface area (Å²) in [5.41, 5.74) is 0. The zero-order valence-corrected chi connectivity index (χ0v) is 26.4. The molecule has 226 valence electrons. The summed E-state index contributed by atoms with van der Waals surface area (Å²) in [6, 6.07) is 0. The summed E-state index contributed by atoms with van der Waals surface area (Å²) in [4.78, 5) is 11.9. The highest BCUT2D eigenvalue weighted by molar-refractivity contribution is 5.69. The van der Waals surface area contributed by atoms with Gasteiger partial charge in [0.05, 0.1) is 6.61 Å². The van der Waals surface area contributed by atoms with Crippen LogP contribution in [-0.2, 0) is 9.53 Å². The Balaban J connectivity index is 3.18. The first-order valence-corrected chi connectivity index (χ1v) is 17.6. The Bertz CT molecular complexity index is 470. The minimum absolute atomic E-state index is 0.0223. The third kappa shape index (κ3) is 33.2. The Kier molecular flexibility index (Phi) is 33.5. The molecule has 0 N–H and O–H groups in total. The zero-order chi connectivity index (χ0) is 27.6. The maximum absolute atomic E-state index is 11.9. The van der Waals surface area contributed by atoms with Gasteiger partial charge in [0.2, 0.25) is 0 Å². The zero-order valence-electron chi connectivity index (χ0n) is 26.4. The minimum atomic E-state index is 0.0223. The number of esters is 1. The minimum Gasteiger partial charge on any atom is -0.466 e. The summed E-state index contributed by atoms with van der Waals surface area (Å²) in [6.45, 7) is 5.19. The van der Waals surface area contributed by atoms with Crippen LogP contribution in [-0.4, -0.2) is 12.6 Å². The fraction of sp³-hybridized carbons (Fsp3) is 0.917. The lowest BCUT2D eigenvalue weighted by molar-refractivity contribution is -0.143. The molecule has 0 amide bonds. The predicted octanol–water partition coefficient (Wildman–Crippen LogP) is 12.8. The van der Waals surface area contributed by atoms with Crippen molar-refractivity contribution in [2.24, 2.45) is 0 Å².